The lowest BCUT2D eigenvalue weighted by atomic mass is 10.2. The summed E-state index contributed by atoms with van der Waals surface area (Å²) >= 11 is 0. The molecule has 0 atom stereocenters. The molecule has 7 nitrogen and oxygen atoms in total. The van der Waals surface area contributed by atoms with Crippen LogP contribution in [0.5, 0.6) is 5.75 Å². The number of carbonyl (C=O) groups is 1. The molecule has 0 spiro atoms. The van der Waals surface area contributed by atoms with Gasteiger partial charge in [0.15, 0.2) is 6.61 Å². The molecule has 4 rings (SSSR count). The molecule has 1 saturated heterocycles. The Morgan fingerprint density at radius 3 is 1.97 bits per heavy atom. The van der Waals surface area contributed by atoms with Crippen LogP contribution < -0.4 is 14.4 Å². The van der Waals surface area contributed by atoms with Crippen molar-refractivity contribution in [2.24, 2.45) is 0 Å². The Hall–Kier alpha value is -3.66. The first kappa shape index (κ1) is 23.5. The molecule has 1 amide bonds. The quantitative estimate of drug-likeness (QED) is 0.552. The van der Waals surface area contributed by atoms with Crippen LogP contribution in [0.1, 0.15) is 0 Å². The monoisotopic (exact) mass is 487 g/mol. The average Bonchev–Trinajstić information content (AvgIpc) is 2.85. The normalized spacial score (nSPS) is 14.1. The molecule has 0 unspecified atom stereocenters. The van der Waals surface area contributed by atoms with Crippen LogP contribution in [0.3, 0.4) is 0 Å². The van der Waals surface area contributed by atoms with Gasteiger partial charge < -0.3 is 14.5 Å². The number of nitrogens with one attached hydrogen (secondary N) is 1. The third kappa shape index (κ3) is 5.82. The van der Waals surface area contributed by atoms with E-state index in [4.69, 9.17) is 4.74 Å². The molecule has 1 aliphatic heterocycles. The number of ether oxygens (including phenoxy) is 1. The molecule has 1 aliphatic rings. The highest BCUT2D eigenvalue weighted by molar-refractivity contribution is 7.92. The van der Waals surface area contributed by atoms with E-state index in [1.165, 1.54) is 48.5 Å². The van der Waals surface area contributed by atoms with Gasteiger partial charge in [-0.05, 0) is 72.8 Å². The van der Waals surface area contributed by atoms with Crippen molar-refractivity contribution in [3.05, 3.63) is 84.4 Å². The van der Waals surface area contributed by atoms with Crippen molar-refractivity contribution < 1.29 is 26.7 Å². The predicted molar refractivity (Wildman–Crippen MR) is 124 cm³/mol. The third-order valence-electron chi connectivity index (χ3n) is 5.42. The van der Waals surface area contributed by atoms with Gasteiger partial charge >= 0.3 is 0 Å². The number of hydrogen-bond donors (Lipinski definition) is 1. The molecule has 178 valence electrons. The Bertz CT molecular complexity index is 1230. The molecule has 0 bridgehead atoms. The van der Waals surface area contributed by atoms with Gasteiger partial charge in [-0.3, -0.25) is 9.52 Å². The zero-order chi connectivity index (χ0) is 24.1. The van der Waals surface area contributed by atoms with Gasteiger partial charge in [-0.1, -0.05) is 0 Å². The lowest BCUT2D eigenvalue weighted by Crippen LogP contribution is -2.50. The zero-order valence-electron chi connectivity index (χ0n) is 18.2. The van der Waals surface area contributed by atoms with Gasteiger partial charge in [-0.2, -0.15) is 0 Å². The molecule has 3 aromatic carbocycles. The Balaban J connectivity index is 1.27. The second-order valence-electron chi connectivity index (χ2n) is 7.72. The second-order valence-corrected chi connectivity index (χ2v) is 9.40. The number of amides is 1. The van der Waals surface area contributed by atoms with E-state index in [1.54, 1.807) is 17.0 Å². The van der Waals surface area contributed by atoms with Crippen LogP contribution in [-0.2, 0) is 14.8 Å². The Kier molecular flexibility index (Phi) is 6.97. The number of hydrogen-bond acceptors (Lipinski definition) is 5. The second kappa shape index (κ2) is 10.1. The van der Waals surface area contributed by atoms with E-state index < -0.39 is 15.8 Å². The highest BCUT2D eigenvalue weighted by Crippen LogP contribution is 2.20. The van der Waals surface area contributed by atoms with Crippen LogP contribution >= 0.6 is 0 Å². The zero-order valence-corrected chi connectivity index (χ0v) is 19.0. The van der Waals surface area contributed by atoms with Crippen molar-refractivity contribution in [3.63, 3.8) is 0 Å². The molecule has 0 aliphatic carbocycles. The number of halogens is 2. The van der Waals surface area contributed by atoms with E-state index in [0.717, 1.165) is 17.8 Å². The smallest absolute Gasteiger partial charge is 0.261 e. The largest absolute Gasteiger partial charge is 0.484 e. The van der Waals surface area contributed by atoms with E-state index in [0.29, 0.717) is 31.9 Å². The lowest BCUT2D eigenvalue weighted by Gasteiger charge is -2.36. The lowest BCUT2D eigenvalue weighted by molar-refractivity contribution is -0.133. The molecule has 10 heteroatoms. The van der Waals surface area contributed by atoms with Crippen LogP contribution in [0.15, 0.2) is 77.7 Å². The number of nitrogens with zero attached hydrogens (tertiary/aromatic N) is 2. The summed E-state index contributed by atoms with van der Waals surface area (Å²) in [6.45, 7) is 2.13. The summed E-state index contributed by atoms with van der Waals surface area (Å²) in [7, 11) is -3.85. The first-order valence-corrected chi connectivity index (χ1v) is 12.1. The Morgan fingerprint density at radius 2 is 1.38 bits per heavy atom. The SMILES string of the molecule is O=C(COc1ccc(S(=O)(=O)Nc2ccc(F)cc2)cc1)N1CCN(c2ccc(F)cc2)CC1. The predicted octanol–water partition coefficient (Wildman–Crippen LogP) is 3.49. The fraction of sp³-hybridized carbons (Fsp3) is 0.208. The highest BCUT2D eigenvalue weighted by atomic mass is 32.2. The molecule has 0 saturated carbocycles. The van der Waals surface area contributed by atoms with Gasteiger partial charge in [0, 0.05) is 37.6 Å². The van der Waals surface area contributed by atoms with Crippen molar-refractivity contribution >= 4 is 27.3 Å². The number of piperazine rings is 1. The number of benzene rings is 3. The standard InChI is InChI=1S/C24H23F2N3O4S/c25-18-1-5-20(6-2-18)27-34(31,32)23-11-9-22(10-12-23)33-17-24(30)29-15-13-28(14-16-29)21-7-3-19(26)4-8-21/h1-12,27H,13-17H2. The van der Waals surface area contributed by atoms with Crippen molar-refractivity contribution in [2.75, 3.05) is 42.4 Å². The third-order valence-corrected chi connectivity index (χ3v) is 6.81. The van der Waals surface area contributed by atoms with Crippen LogP contribution in [0.2, 0.25) is 0 Å². The molecule has 0 aromatic heterocycles. The molecule has 1 fully saturated rings. The molecular weight excluding hydrogens is 464 g/mol. The van der Waals surface area contributed by atoms with Gasteiger partial charge in [-0.25, -0.2) is 17.2 Å². The summed E-state index contributed by atoms with van der Waals surface area (Å²) in [5.41, 5.74) is 1.15. The van der Waals surface area contributed by atoms with Crippen LogP contribution in [0, 0.1) is 11.6 Å². The van der Waals surface area contributed by atoms with E-state index >= 15 is 0 Å². The van der Waals surface area contributed by atoms with Crippen molar-refractivity contribution in [1.29, 1.82) is 0 Å². The summed E-state index contributed by atoms with van der Waals surface area (Å²) in [6, 6.07) is 16.9. The number of anilines is 2. The van der Waals surface area contributed by atoms with Crippen molar-refractivity contribution in [2.45, 2.75) is 4.90 Å². The van der Waals surface area contributed by atoms with Crippen LogP contribution in [0.25, 0.3) is 0 Å². The Morgan fingerprint density at radius 1 is 0.824 bits per heavy atom. The van der Waals surface area contributed by atoms with Crippen molar-refractivity contribution in [1.82, 2.24) is 4.90 Å². The van der Waals surface area contributed by atoms with E-state index in [9.17, 15) is 22.0 Å². The first-order chi connectivity index (χ1) is 16.3. The molecule has 3 aromatic rings. The molecule has 0 radical (unpaired) electrons. The maximum Gasteiger partial charge on any atom is 0.261 e. The summed E-state index contributed by atoms with van der Waals surface area (Å²) < 4.78 is 59.0. The fourth-order valence-corrected chi connectivity index (χ4v) is 4.61. The molecule has 1 N–H and O–H groups in total. The summed E-state index contributed by atoms with van der Waals surface area (Å²) in [5.74, 6) is -0.564. The number of sulfonamides is 1. The van der Waals surface area contributed by atoms with Gasteiger partial charge in [0.25, 0.3) is 15.9 Å². The van der Waals surface area contributed by atoms with Gasteiger partial charge in [0.05, 0.1) is 4.90 Å². The summed E-state index contributed by atoms with van der Waals surface area (Å²) in [5, 5.41) is 0. The minimum absolute atomic E-state index is 0.00687. The Labute approximate surface area is 196 Å². The van der Waals surface area contributed by atoms with Gasteiger partial charge in [-0.15, -0.1) is 0 Å². The minimum Gasteiger partial charge on any atom is -0.484 e. The molecule has 1 heterocycles. The maximum absolute atomic E-state index is 13.1. The van der Waals surface area contributed by atoms with E-state index in [-0.39, 0.29) is 28.9 Å². The topological polar surface area (TPSA) is 78.9 Å². The van der Waals surface area contributed by atoms with Crippen LogP contribution in [-0.4, -0.2) is 52.0 Å². The summed E-state index contributed by atoms with van der Waals surface area (Å²) in [6.07, 6.45) is 0. The molecular formula is C24H23F2N3O4S. The van der Waals surface area contributed by atoms with E-state index in [2.05, 4.69) is 9.62 Å². The van der Waals surface area contributed by atoms with Crippen LogP contribution in [0.4, 0.5) is 20.2 Å². The molecule has 34 heavy (non-hydrogen) atoms. The van der Waals surface area contributed by atoms with Gasteiger partial charge in [0.1, 0.15) is 17.4 Å². The summed E-state index contributed by atoms with van der Waals surface area (Å²) in [4.78, 5) is 16.3. The average molecular weight is 488 g/mol. The highest BCUT2D eigenvalue weighted by Gasteiger charge is 2.22. The van der Waals surface area contributed by atoms with Gasteiger partial charge in [0.2, 0.25) is 0 Å². The van der Waals surface area contributed by atoms with Crippen molar-refractivity contribution in [3.8, 4) is 5.75 Å². The first-order valence-electron chi connectivity index (χ1n) is 10.6. The number of rotatable bonds is 7. The number of carbonyl (C=O) groups excluding carboxylic acids is 1. The maximum atomic E-state index is 13.1. The minimum atomic E-state index is -3.85. The fourth-order valence-electron chi connectivity index (χ4n) is 3.55. The van der Waals surface area contributed by atoms with E-state index in [1.807, 2.05) is 0 Å².